The number of aromatic nitrogens is 1. The smallest absolute Gasteiger partial charge is 0.213 e. The van der Waals surface area contributed by atoms with Crippen molar-refractivity contribution in [3.8, 4) is 28.6 Å². The van der Waals surface area contributed by atoms with Gasteiger partial charge < -0.3 is 14.2 Å². The van der Waals surface area contributed by atoms with Gasteiger partial charge in [0.25, 0.3) is 0 Å². The van der Waals surface area contributed by atoms with E-state index in [1.165, 1.54) is 0 Å². The molecule has 1 heterocycles. The molecular weight excluding hydrogens is 358 g/mol. The molecule has 2 rings (SSSR count). The van der Waals surface area contributed by atoms with Gasteiger partial charge in [-0.25, -0.2) is 4.98 Å². The summed E-state index contributed by atoms with van der Waals surface area (Å²) in [5.41, 5.74) is 1.71. The Hall–Kier alpha value is -1.75. The van der Waals surface area contributed by atoms with Crippen LogP contribution in [0.1, 0.15) is 26.2 Å². The lowest BCUT2D eigenvalue weighted by Gasteiger charge is -2.14. The number of nitrogens with zero attached hydrogens (tertiary/aromatic N) is 1. The van der Waals surface area contributed by atoms with Gasteiger partial charge >= 0.3 is 0 Å². The van der Waals surface area contributed by atoms with Gasteiger partial charge in [0.15, 0.2) is 0 Å². The molecule has 0 aliphatic heterocycles. The molecule has 4 nitrogen and oxygen atoms in total. The first-order valence-electron chi connectivity index (χ1n) is 7.71. The topological polar surface area (TPSA) is 40.6 Å². The van der Waals surface area contributed by atoms with Gasteiger partial charge in [0.2, 0.25) is 5.88 Å². The van der Waals surface area contributed by atoms with Crippen LogP contribution in [0.15, 0.2) is 34.8 Å². The van der Waals surface area contributed by atoms with Crippen molar-refractivity contribution in [2.75, 3.05) is 20.8 Å². The molecule has 1 aromatic heterocycles. The highest BCUT2D eigenvalue weighted by molar-refractivity contribution is 9.10. The van der Waals surface area contributed by atoms with Gasteiger partial charge in [-0.3, -0.25) is 0 Å². The zero-order chi connectivity index (χ0) is 16.7. The third-order valence-corrected chi connectivity index (χ3v) is 4.09. The summed E-state index contributed by atoms with van der Waals surface area (Å²) in [6.45, 7) is 2.85. The Balaban J connectivity index is 2.36. The van der Waals surface area contributed by atoms with E-state index >= 15 is 0 Å². The molecule has 0 atom stereocenters. The summed E-state index contributed by atoms with van der Waals surface area (Å²) < 4.78 is 17.4. The zero-order valence-corrected chi connectivity index (χ0v) is 15.4. The van der Waals surface area contributed by atoms with Crippen molar-refractivity contribution in [3.05, 3.63) is 34.8 Å². The number of halogens is 1. The lowest BCUT2D eigenvalue weighted by Crippen LogP contribution is -2.00. The predicted octanol–water partition coefficient (Wildman–Crippen LogP) is 5.10. The van der Waals surface area contributed by atoms with E-state index in [1.807, 2.05) is 30.3 Å². The summed E-state index contributed by atoms with van der Waals surface area (Å²) in [5, 5.41) is 0. The van der Waals surface area contributed by atoms with E-state index in [4.69, 9.17) is 14.2 Å². The second kappa shape index (κ2) is 8.77. The van der Waals surface area contributed by atoms with Gasteiger partial charge in [0.05, 0.1) is 31.0 Å². The fourth-order valence-electron chi connectivity index (χ4n) is 2.22. The highest BCUT2D eigenvalue weighted by Crippen LogP contribution is 2.38. The van der Waals surface area contributed by atoms with Gasteiger partial charge in [-0.15, -0.1) is 0 Å². The molecule has 0 unspecified atom stereocenters. The molecular formula is C18H22BrNO3. The molecule has 0 saturated heterocycles. The van der Waals surface area contributed by atoms with Crippen LogP contribution in [0.25, 0.3) is 11.3 Å². The molecule has 0 fully saturated rings. The Morgan fingerprint density at radius 1 is 1.04 bits per heavy atom. The Morgan fingerprint density at radius 3 is 2.57 bits per heavy atom. The normalized spacial score (nSPS) is 10.4. The molecule has 124 valence electrons. The SMILES string of the molecule is CCCCCOc1cc(OC)c(Br)cc1-c1cccc(OC)n1. The van der Waals surface area contributed by atoms with Crippen LogP contribution in [0.3, 0.4) is 0 Å². The average molecular weight is 380 g/mol. The fraction of sp³-hybridized carbons (Fsp3) is 0.389. The van der Waals surface area contributed by atoms with Crippen LogP contribution in [-0.2, 0) is 0 Å². The Labute approximate surface area is 145 Å². The maximum atomic E-state index is 5.98. The first-order chi connectivity index (χ1) is 11.2. The van der Waals surface area contributed by atoms with Crippen LogP contribution in [-0.4, -0.2) is 25.8 Å². The van der Waals surface area contributed by atoms with E-state index in [0.29, 0.717) is 12.5 Å². The van der Waals surface area contributed by atoms with Crippen LogP contribution in [0.5, 0.6) is 17.4 Å². The highest BCUT2D eigenvalue weighted by atomic mass is 79.9. The first-order valence-corrected chi connectivity index (χ1v) is 8.50. The van der Waals surface area contributed by atoms with Crippen molar-refractivity contribution in [3.63, 3.8) is 0 Å². The minimum Gasteiger partial charge on any atom is -0.495 e. The van der Waals surface area contributed by atoms with E-state index in [1.54, 1.807) is 14.2 Å². The van der Waals surface area contributed by atoms with E-state index in [9.17, 15) is 0 Å². The quantitative estimate of drug-likeness (QED) is 0.598. The van der Waals surface area contributed by atoms with Crippen molar-refractivity contribution in [2.45, 2.75) is 26.2 Å². The summed E-state index contributed by atoms with van der Waals surface area (Å²) >= 11 is 3.53. The minimum absolute atomic E-state index is 0.575. The number of rotatable bonds is 8. The molecule has 0 bridgehead atoms. The monoisotopic (exact) mass is 379 g/mol. The van der Waals surface area contributed by atoms with Gasteiger partial charge in [-0.1, -0.05) is 25.8 Å². The van der Waals surface area contributed by atoms with E-state index in [-0.39, 0.29) is 0 Å². The minimum atomic E-state index is 0.575. The maximum absolute atomic E-state index is 5.98. The molecule has 23 heavy (non-hydrogen) atoms. The molecule has 0 aliphatic carbocycles. The summed E-state index contributed by atoms with van der Waals surface area (Å²) in [7, 11) is 3.25. The molecule has 0 spiro atoms. The van der Waals surface area contributed by atoms with Gasteiger partial charge in [0, 0.05) is 17.7 Å². The van der Waals surface area contributed by atoms with E-state index in [0.717, 1.165) is 46.5 Å². The van der Waals surface area contributed by atoms with Crippen molar-refractivity contribution >= 4 is 15.9 Å². The summed E-state index contributed by atoms with van der Waals surface area (Å²) in [4.78, 5) is 4.50. The Morgan fingerprint density at radius 2 is 1.87 bits per heavy atom. The van der Waals surface area contributed by atoms with E-state index in [2.05, 4.69) is 27.8 Å². The van der Waals surface area contributed by atoms with Gasteiger partial charge in [-0.2, -0.15) is 0 Å². The number of ether oxygens (including phenoxy) is 3. The number of benzene rings is 1. The third-order valence-electron chi connectivity index (χ3n) is 3.47. The maximum Gasteiger partial charge on any atom is 0.213 e. The van der Waals surface area contributed by atoms with Crippen LogP contribution < -0.4 is 14.2 Å². The molecule has 0 saturated carbocycles. The molecule has 0 radical (unpaired) electrons. The second-order valence-electron chi connectivity index (χ2n) is 5.10. The predicted molar refractivity (Wildman–Crippen MR) is 95.5 cm³/mol. The summed E-state index contributed by atoms with van der Waals surface area (Å²) in [5.74, 6) is 2.08. The first kappa shape index (κ1) is 17.6. The molecule has 0 N–H and O–H groups in total. The van der Waals surface area contributed by atoms with Crippen LogP contribution in [0.4, 0.5) is 0 Å². The average Bonchev–Trinajstić information content (AvgIpc) is 2.59. The summed E-state index contributed by atoms with van der Waals surface area (Å²) in [6.07, 6.45) is 3.34. The van der Waals surface area contributed by atoms with E-state index < -0.39 is 0 Å². The van der Waals surface area contributed by atoms with Crippen molar-refractivity contribution in [1.29, 1.82) is 0 Å². The number of hydrogen-bond acceptors (Lipinski definition) is 4. The molecule has 2 aromatic rings. The molecule has 0 aliphatic rings. The lowest BCUT2D eigenvalue weighted by molar-refractivity contribution is 0.305. The van der Waals surface area contributed by atoms with Crippen molar-refractivity contribution < 1.29 is 14.2 Å². The molecule has 5 heteroatoms. The Kier molecular flexibility index (Phi) is 6.71. The van der Waals surface area contributed by atoms with Crippen molar-refractivity contribution in [1.82, 2.24) is 4.98 Å². The largest absolute Gasteiger partial charge is 0.495 e. The van der Waals surface area contributed by atoms with Gasteiger partial charge in [0.1, 0.15) is 11.5 Å². The van der Waals surface area contributed by atoms with Crippen LogP contribution in [0.2, 0.25) is 0 Å². The Bertz CT molecular complexity index is 646. The lowest BCUT2D eigenvalue weighted by atomic mass is 10.1. The molecule has 0 amide bonds. The number of hydrogen-bond donors (Lipinski definition) is 0. The second-order valence-corrected chi connectivity index (χ2v) is 5.96. The molecule has 1 aromatic carbocycles. The van der Waals surface area contributed by atoms with Crippen LogP contribution in [0, 0.1) is 0 Å². The third kappa shape index (κ3) is 4.61. The van der Waals surface area contributed by atoms with Gasteiger partial charge in [-0.05, 0) is 34.5 Å². The zero-order valence-electron chi connectivity index (χ0n) is 13.8. The fourth-order valence-corrected chi connectivity index (χ4v) is 2.73. The van der Waals surface area contributed by atoms with Crippen LogP contribution >= 0.6 is 15.9 Å². The standard InChI is InChI=1S/C18H22BrNO3/c1-4-5-6-10-23-16-12-17(21-2)14(19)11-13(16)15-8-7-9-18(20-15)22-3/h7-9,11-12H,4-6,10H2,1-3H3. The number of pyridine rings is 1. The van der Waals surface area contributed by atoms with Crippen molar-refractivity contribution in [2.24, 2.45) is 0 Å². The number of unbranched alkanes of at least 4 members (excludes halogenated alkanes) is 2. The number of methoxy groups -OCH3 is 2. The summed E-state index contributed by atoms with van der Waals surface area (Å²) in [6, 6.07) is 9.54. The highest BCUT2D eigenvalue weighted by Gasteiger charge is 2.14.